The SMILES string of the molecule is CCOC(=O)C(C)(CC(O)CC1CCCC1)C(=O)OCC. The van der Waals surface area contributed by atoms with Crippen LogP contribution >= 0.6 is 0 Å². The molecule has 0 saturated heterocycles. The first-order valence-corrected chi connectivity index (χ1v) is 7.96. The molecule has 5 nitrogen and oxygen atoms in total. The van der Waals surface area contributed by atoms with E-state index in [0.29, 0.717) is 12.3 Å². The number of aliphatic hydroxyl groups excluding tert-OH is 1. The lowest BCUT2D eigenvalue weighted by Crippen LogP contribution is -2.42. The third-order valence-corrected chi connectivity index (χ3v) is 4.18. The molecule has 1 aliphatic carbocycles. The van der Waals surface area contributed by atoms with E-state index in [9.17, 15) is 14.7 Å². The summed E-state index contributed by atoms with van der Waals surface area (Å²) in [6.07, 6.45) is 4.63. The van der Waals surface area contributed by atoms with Gasteiger partial charge in [-0.2, -0.15) is 0 Å². The molecule has 5 heteroatoms. The van der Waals surface area contributed by atoms with Gasteiger partial charge in [0.15, 0.2) is 5.41 Å². The van der Waals surface area contributed by atoms with Gasteiger partial charge < -0.3 is 14.6 Å². The first kappa shape index (κ1) is 18.0. The first-order valence-electron chi connectivity index (χ1n) is 7.96. The lowest BCUT2D eigenvalue weighted by Gasteiger charge is -2.28. The minimum Gasteiger partial charge on any atom is -0.465 e. The molecule has 0 bridgehead atoms. The van der Waals surface area contributed by atoms with Crippen LogP contribution in [0.5, 0.6) is 0 Å². The monoisotopic (exact) mass is 300 g/mol. The predicted molar refractivity (Wildman–Crippen MR) is 78.6 cm³/mol. The summed E-state index contributed by atoms with van der Waals surface area (Å²) in [4.78, 5) is 24.2. The van der Waals surface area contributed by atoms with Crippen molar-refractivity contribution < 1.29 is 24.2 Å². The zero-order valence-corrected chi connectivity index (χ0v) is 13.4. The maximum absolute atomic E-state index is 12.1. The molecule has 1 aliphatic rings. The van der Waals surface area contributed by atoms with E-state index in [-0.39, 0.29) is 19.6 Å². The highest BCUT2D eigenvalue weighted by molar-refractivity contribution is 5.99. The maximum atomic E-state index is 12.1. The molecule has 1 N–H and O–H groups in total. The number of ether oxygens (including phenoxy) is 2. The molecular weight excluding hydrogens is 272 g/mol. The maximum Gasteiger partial charge on any atom is 0.323 e. The number of esters is 2. The summed E-state index contributed by atoms with van der Waals surface area (Å²) in [7, 11) is 0. The molecular formula is C16H28O5. The molecule has 0 aromatic carbocycles. The topological polar surface area (TPSA) is 72.8 Å². The number of carbonyl (C=O) groups excluding carboxylic acids is 2. The van der Waals surface area contributed by atoms with Gasteiger partial charge in [0.05, 0.1) is 19.3 Å². The van der Waals surface area contributed by atoms with Gasteiger partial charge in [-0.1, -0.05) is 25.7 Å². The highest BCUT2D eigenvalue weighted by Gasteiger charge is 2.46. The van der Waals surface area contributed by atoms with Crippen molar-refractivity contribution >= 4 is 11.9 Å². The van der Waals surface area contributed by atoms with Crippen LogP contribution in [-0.4, -0.2) is 36.4 Å². The summed E-state index contributed by atoms with van der Waals surface area (Å²) >= 11 is 0. The van der Waals surface area contributed by atoms with Crippen LogP contribution < -0.4 is 0 Å². The van der Waals surface area contributed by atoms with E-state index < -0.39 is 23.5 Å². The van der Waals surface area contributed by atoms with Crippen molar-refractivity contribution in [3.63, 3.8) is 0 Å². The molecule has 1 rings (SSSR count). The highest BCUT2D eigenvalue weighted by atomic mass is 16.6. The summed E-state index contributed by atoms with van der Waals surface area (Å²) in [6, 6.07) is 0. The van der Waals surface area contributed by atoms with E-state index in [1.165, 1.54) is 19.8 Å². The van der Waals surface area contributed by atoms with Gasteiger partial charge in [0.25, 0.3) is 0 Å². The average molecular weight is 300 g/mol. The van der Waals surface area contributed by atoms with Gasteiger partial charge in [-0.15, -0.1) is 0 Å². The molecule has 1 atom stereocenters. The van der Waals surface area contributed by atoms with Crippen LogP contribution in [0.3, 0.4) is 0 Å². The van der Waals surface area contributed by atoms with E-state index >= 15 is 0 Å². The first-order chi connectivity index (χ1) is 9.93. The van der Waals surface area contributed by atoms with Crippen LogP contribution in [0, 0.1) is 11.3 Å². The van der Waals surface area contributed by atoms with Gasteiger partial charge in [-0.05, 0) is 39.5 Å². The van der Waals surface area contributed by atoms with Crippen molar-refractivity contribution in [3.05, 3.63) is 0 Å². The molecule has 1 fully saturated rings. The van der Waals surface area contributed by atoms with Gasteiger partial charge in [0, 0.05) is 0 Å². The molecule has 0 aromatic heterocycles. The van der Waals surface area contributed by atoms with Crippen LogP contribution in [-0.2, 0) is 19.1 Å². The summed E-state index contributed by atoms with van der Waals surface area (Å²) in [5, 5.41) is 10.3. The Labute approximate surface area is 127 Å². The minimum absolute atomic E-state index is 0.0567. The molecule has 1 unspecified atom stereocenters. The Kier molecular flexibility index (Phi) is 7.15. The molecule has 21 heavy (non-hydrogen) atoms. The lowest BCUT2D eigenvalue weighted by molar-refractivity contribution is -0.173. The largest absolute Gasteiger partial charge is 0.465 e. The van der Waals surface area contributed by atoms with Gasteiger partial charge in [-0.3, -0.25) is 9.59 Å². The predicted octanol–water partition coefficient (Wildman–Crippen LogP) is 2.45. The Balaban J connectivity index is 2.70. The van der Waals surface area contributed by atoms with E-state index in [1.54, 1.807) is 13.8 Å². The number of carbonyl (C=O) groups is 2. The van der Waals surface area contributed by atoms with Crippen molar-refractivity contribution in [3.8, 4) is 0 Å². The molecule has 122 valence electrons. The number of hydrogen-bond acceptors (Lipinski definition) is 5. The van der Waals surface area contributed by atoms with E-state index in [1.807, 2.05) is 0 Å². The normalized spacial score (nSPS) is 17.5. The fraction of sp³-hybridized carbons (Fsp3) is 0.875. The van der Waals surface area contributed by atoms with Gasteiger partial charge >= 0.3 is 11.9 Å². The van der Waals surface area contributed by atoms with Crippen molar-refractivity contribution in [2.45, 2.75) is 65.4 Å². The molecule has 0 aromatic rings. The number of rotatable bonds is 8. The fourth-order valence-corrected chi connectivity index (χ4v) is 3.02. The Morgan fingerprint density at radius 3 is 2.05 bits per heavy atom. The van der Waals surface area contributed by atoms with Crippen LogP contribution in [0.15, 0.2) is 0 Å². The van der Waals surface area contributed by atoms with Crippen molar-refractivity contribution in [2.75, 3.05) is 13.2 Å². The van der Waals surface area contributed by atoms with Crippen LogP contribution in [0.1, 0.15) is 59.3 Å². The summed E-state index contributed by atoms with van der Waals surface area (Å²) < 4.78 is 9.99. The molecule has 1 saturated carbocycles. The minimum atomic E-state index is -1.43. The van der Waals surface area contributed by atoms with Gasteiger partial charge in [0.2, 0.25) is 0 Å². The Morgan fingerprint density at radius 1 is 1.14 bits per heavy atom. The summed E-state index contributed by atoms with van der Waals surface area (Å²) in [5.41, 5.74) is -1.43. The Bertz CT molecular complexity index is 329. The molecule has 0 amide bonds. The van der Waals surface area contributed by atoms with Gasteiger partial charge in [0.1, 0.15) is 0 Å². The molecule has 0 spiro atoms. The highest BCUT2D eigenvalue weighted by Crippen LogP contribution is 2.33. The fourth-order valence-electron chi connectivity index (χ4n) is 3.02. The van der Waals surface area contributed by atoms with Gasteiger partial charge in [-0.25, -0.2) is 0 Å². The van der Waals surface area contributed by atoms with E-state index in [4.69, 9.17) is 9.47 Å². The van der Waals surface area contributed by atoms with E-state index in [0.717, 1.165) is 12.8 Å². The van der Waals surface area contributed by atoms with Crippen LogP contribution in [0.2, 0.25) is 0 Å². The van der Waals surface area contributed by atoms with E-state index in [2.05, 4.69) is 0 Å². The zero-order valence-electron chi connectivity index (χ0n) is 13.4. The van der Waals surface area contributed by atoms with Crippen molar-refractivity contribution in [2.24, 2.45) is 11.3 Å². The number of hydrogen-bond donors (Lipinski definition) is 1. The second-order valence-electron chi connectivity index (χ2n) is 6.02. The van der Waals surface area contributed by atoms with Crippen molar-refractivity contribution in [1.29, 1.82) is 0 Å². The molecule has 0 radical (unpaired) electrons. The average Bonchev–Trinajstić information content (AvgIpc) is 2.91. The summed E-state index contributed by atoms with van der Waals surface area (Å²) in [5.74, 6) is -0.739. The lowest BCUT2D eigenvalue weighted by atomic mass is 9.82. The Morgan fingerprint density at radius 2 is 1.62 bits per heavy atom. The second-order valence-corrected chi connectivity index (χ2v) is 6.02. The molecule has 0 aliphatic heterocycles. The van der Waals surface area contributed by atoms with Crippen LogP contribution in [0.25, 0.3) is 0 Å². The Hall–Kier alpha value is -1.10. The number of aliphatic hydroxyl groups is 1. The quantitative estimate of drug-likeness (QED) is 0.550. The second kappa shape index (κ2) is 8.37. The smallest absolute Gasteiger partial charge is 0.323 e. The van der Waals surface area contributed by atoms with Crippen LogP contribution in [0.4, 0.5) is 0 Å². The standard InChI is InChI=1S/C16H28O5/c1-4-20-14(18)16(3,15(19)21-5-2)11-13(17)10-12-8-6-7-9-12/h12-13,17H,4-11H2,1-3H3. The zero-order chi connectivity index (χ0) is 15.9. The molecule has 0 heterocycles. The van der Waals surface area contributed by atoms with Crippen molar-refractivity contribution in [1.82, 2.24) is 0 Å². The third kappa shape index (κ3) is 4.99. The summed E-state index contributed by atoms with van der Waals surface area (Å²) in [6.45, 7) is 5.29. The third-order valence-electron chi connectivity index (χ3n) is 4.18.